The van der Waals surface area contributed by atoms with Crippen molar-refractivity contribution in [3.8, 4) is 23.0 Å². The second-order valence-electron chi connectivity index (χ2n) is 14.3. The molecule has 5 N–H and O–H groups in total. The number of amides is 1. The number of fused-ring (bicyclic) bond motifs is 2. The highest BCUT2D eigenvalue weighted by molar-refractivity contribution is 7.90. The molecule has 6 rings (SSSR count). The van der Waals surface area contributed by atoms with Crippen molar-refractivity contribution in [2.75, 3.05) is 4.72 Å². The number of hydrogen-bond acceptors (Lipinski definition) is 7. The Morgan fingerprint density at radius 3 is 2.33 bits per heavy atom. The lowest BCUT2D eigenvalue weighted by atomic mass is 9.93. The zero-order valence-electron chi connectivity index (χ0n) is 30.8. The van der Waals surface area contributed by atoms with Gasteiger partial charge in [0.05, 0.1) is 27.7 Å². The summed E-state index contributed by atoms with van der Waals surface area (Å²) in [6.45, 7) is 4.48. The second kappa shape index (κ2) is 15.0. The molecule has 1 aliphatic carbocycles. The lowest BCUT2D eigenvalue weighted by Gasteiger charge is -2.23. The van der Waals surface area contributed by atoms with Crippen LogP contribution in [0.1, 0.15) is 80.0 Å². The Morgan fingerprint density at radius 1 is 1.07 bits per heavy atom. The quantitative estimate of drug-likeness (QED) is 0.0934. The summed E-state index contributed by atoms with van der Waals surface area (Å²) < 4.78 is 116. The summed E-state index contributed by atoms with van der Waals surface area (Å²) >= 11 is 6.53. The maximum absolute atomic E-state index is 15.6. The number of nitrogens with two attached hydrogens (primary N) is 1. The Hall–Kier alpha value is -5.16. The molecule has 0 aliphatic heterocycles. The Kier molecular flexibility index (Phi) is 10.9. The van der Waals surface area contributed by atoms with Crippen molar-refractivity contribution in [3.63, 3.8) is 0 Å². The van der Waals surface area contributed by atoms with Crippen LogP contribution in [0, 0.1) is 29.4 Å². The van der Waals surface area contributed by atoms with E-state index in [2.05, 4.69) is 37.1 Å². The van der Waals surface area contributed by atoms with Gasteiger partial charge in [0.1, 0.15) is 40.9 Å². The van der Waals surface area contributed by atoms with Gasteiger partial charge >= 0.3 is 0 Å². The van der Waals surface area contributed by atoms with Crippen molar-refractivity contribution in [2.45, 2.75) is 70.6 Å². The van der Waals surface area contributed by atoms with Gasteiger partial charge in [-0.15, -0.1) is 0 Å². The van der Waals surface area contributed by atoms with E-state index in [0.717, 1.165) is 12.1 Å². The van der Waals surface area contributed by atoms with Crippen LogP contribution in [0.25, 0.3) is 22.0 Å². The van der Waals surface area contributed by atoms with Gasteiger partial charge in [-0.2, -0.15) is 27.4 Å². The van der Waals surface area contributed by atoms with Gasteiger partial charge < -0.3 is 10.4 Å². The first-order valence-electron chi connectivity index (χ1n) is 17.2. The molecular formula is C37H35ClF6N8O4S. The van der Waals surface area contributed by atoms with E-state index in [4.69, 9.17) is 16.7 Å². The number of nitrogens with zero attached hydrogens (tertiary/aromatic N) is 5. The number of aromatic nitrogens is 5. The summed E-state index contributed by atoms with van der Waals surface area (Å²) in [5.41, 5.74) is -2.67. The van der Waals surface area contributed by atoms with Crippen LogP contribution < -0.4 is 15.2 Å². The minimum Gasteiger partial charge on any atom is -0.378 e. The lowest BCUT2D eigenvalue weighted by molar-refractivity contribution is -0.123. The van der Waals surface area contributed by atoms with E-state index in [9.17, 15) is 35.9 Å². The number of halogens is 7. The van der Waals surface area contributed by atoms with Crippen LogP contribution in [-0.4, -0.2) is 49.6 Å². The van der Waals surface area contributed by atoms with Crippen molar-refractivity contribution in [1.29, 1.82) is 0 Å². The van der Waals surface area contributed by atoms with Gasteiger partial charge in [-0.3, -0.25) is 18.9 Å². The highest BCUT2D eigenvalue weighted by atomic mass is 35.5. The van der Waals surface area contributed by atoms with E-state index >= 15 is 8.78 Å². The van der Waals surface area contributed by atoms with Crippen LogP contribution >= 0.6 is 11.6 Å². The van der Waals surface area contributed by atoms with Gasteiger partial charge in [-0.25, -0.2) is 27.7 Å². The minimum absolute atomic E-state index is 0.00659. The van der Waals surface area contributed by atoms with E-state index in [1.807, 2.05) is 0 Å². The van der Waals surface area contributed by atoms with Crippen molar-refractivity contribution in [2.24, 2.45) is 18.1 Å². The fourth-order valence-electron chi connectivity index (χ4n) is 6.96. The minimum atomic E-state index is -4.33. The molecule has 1 aliphatic rings. The maximum atomic E-state index is 15.6. The first kappa shape index (κ1) is 41.5. The molecule has 0 radical (unpaired) electrons. The van der Waals surface area contributed by atoms with E-state index in [1.165, 1.54) is 57.6 Å². The Morgan fingerprint density at radius 2 is 1.72 bits per heavy atom. The zero-order valence-corrected chi connectivity index (χ0v) is 32.4. The van der Waals surface area contributed by atoms with Gasteiger partial charge in [-0.05, 0) is 68.0 Å². The molecule has 5 aromatic rings. The van der Waals surface area contributed by atoms with Gasteiger partial charge in [-0.1, -0.05) is 37.4 Å². The third-order valence-corrected chi connectivity index (χ3v) is 10.3. The SMILES string of the molecule is C[C@@H]1c2c(C(F)F)nn(CC(=O)N[C@@H](Cc3cc(F)cc(F)c3)c3nc(C#CC(C)(C)O)ccc3-c3ccc(Cl)c4c(NS(N)(=O)=O)nn(C)c34)c2C(F)(F)[C@@H]1C. The van der Waals surface area contributed by atoms with Crippen LogP contribution in [0.2, 0.25) is 5.02 Å². The van der Waals surface area contributed by atoms with Crippen LogP contribution in [0.15, 0.2) is 42.5 Å². The fourth-order valence-corrected chi connectivity index (χ4v) is 7.62. The Bertz CT molecular complexity index is 2580. The van der Waals surface area contributed by atoms with Crippen LogP contribution in [0.3, 0.4) is 0 Å². The van der Waals surface area contributed by atoms with E-state index in [1.54, 1.807) is 6.07 Å². The summed E-state index contributed by atoms with van der Waals surface area (Å²) in [5, 5.41) is 26.4. The monoisotopic (exact) mass is 836 g/mol. The topological polar surface area (TPSA) is 170 Å². The van der Waals surface area contributed by atoms with Gasteiger partial charge in [0, 0.05) is 35.7 Å². The van der Waals surface area contributed by atoms with Crippen molar-refractivity contribution in [1.82, 2.24) is 29.9 Å². The summed E-state index contributed by atoms with van der Waals surface area (Å²) in [5.74, 6) is -3.76. The van der Waals surface area contributed by atoms with Gasteiger partial charge in [0.25, 0.3) is 22.6 Å². The molecular weight excluding hydrogens is 802 g/mol. The summed E-state index contributed by atoms with van der Waals surface area (Å²) in [7, 11) is -2.85. The molecule has 57 heavy (non-hydrogen) atoms. The van der Waals surface area contributed by atoms with E-state index < -0.39 is 81.5 Å². The molecule has 0 bridgehead atoms. The molecule has 0 saturated heterocycles. The van der Waals surface area contributed by atoms with Crippen LogP contribution in [-0.2, 0) is 40.9 Å². The molecule has 302 valence electrons. The maximum Gasteiger partial charge on any atom is 0.297 e. The molecule has 0 unspecified atom stereocenters. The normalized spacial score (nSPS) is 17.0. The number of pyridine rings is 1. The highest BCUT2D eigenvalue weighted by Gasteiger charge is 2.55. The van der Waals surface area contributed by atoms with Crippen LogP contribution in [0.4, 0.5) is 32.2 Å². The van der Waals surface area contributed by atoms with Crippen molar-refractivity contribution in [3.05, 3.63) is 93.0 Å². The molecule has 12 nitrogen and oxygen atoms in total. The molecule has 0 fully saturated rings. The van der Waals surface area contributed by atoms with Crippen LogP contribution in [0.5, 0.6) is 0 Å². The van der Waals surface area contributed by atoms with Gasteiger partial charge in [0.2, 0.25) is 5.91 Å². The Balaban J connectivity index is 1.54. The molecule has 0 saturated carbocycles. The molecule has 2 aromatic carbocycles. The number of aliphatic hydroxyl groups is 1. The average Bonchev–Trinajstić information content (AvgIpc) is 3.68. The predicted octanol–water partition coefficient (Wildman–Crippen LogP) is 6.38. The standard InChI is InChI=1S/C37H35ClF6N8O4S/c1-17-18(2)37(43,44)33-28(17)31(34(41)42)48-52(33)16-27(53)47-26(14-19-12-20(39)15-21(40)13-19)30-23(7-6-22(46-30)10-11-36(3,4)54)24-8-9-25(38)29-32(24)51(5)49-35(29)50-57(45,55)56/h6-9,12-13,15,17-18,26,34,54H,14,16H2,1-5H3,(H,47,53)(H,49,50)(H2,45,55,56)/t17-,18+,26-/m0/s1. The summed E-state index contributed by atoms with van der Waals surface area (Å²) in [4.78, 5) is 18.6. The predicted molar refractivity (Wildman–Crippen MR) is 198 cm³/mol. The smallest absolute Gasteiger partial charge is 0.297 e. The number of carbonyl (C=O) groups is 1. The van der Waals surface area contributed by atoms with Crippen molar-refractivity contribution >= 4 is 44.4 Å². The molecule has 3 heterocycles. The highest BCUT2D eigenvalue weighted by Crippen LogP contribution is 2.54. The number of nitrogens with one attached hydrogen (secondary N) is 2. The summed E-state index contributed by atoms with van der Waals surface area (Å²) in [6.07, 6.45) is -3.59. The number of hydrogen-bond donors (Lipinski definition) is 4. The second-order valence-corrected chi connectivity index (χ2v) is 16.0. The number of carbonyl (C=O) groups excluding carboxylic acids is 1. The summed E-state index contributed by atoms with van der Waals surface area (Å²) in [6, 6.07) is 7.27. The van der Waals surface area contributed by atoms with E-state index in [0.29, 0.717) is 16.3 Å². The van der Waals surface area contributed by atoms with Crippen molar-refractivity contribution < 1.29 is 44.7 Å². The number of anilines is 1. The van der Waals surface area contributed by atoms with E-state index in [-0.39, 0.29) is 56.2 Å². The number of rotatable bonds is 10. The number of alkyl halides is 4. The third kappa shape index (κ3) is 8.44. The third-order valence-electron chi connectivity index (χ3n) is 9.53. The average molecular weight is 837 g/mol. The zero-order chi connectivity index (χ0) is 41.9. The Labute approximate surface area is 327 Å². The molecule has 20 heteroatoms. The first-order valence-corrected chi connectivity index (χ1v) is 19.1. The molecule has 3 aromatic heterocycles. The molecule has 0 spiro atoms. The number of aryl methyl sites for hydroxylation is 1. The largest absolute Gasteiger partial charge is 0.378 e. The lowest BCUT2D eigenvalue weighted by Crippen LogP contribution is -2.35. The fraction of sp³-hybridized carbons (Fsp3) is 0.351. The molecule has 1 amide bonds. The number of benzene rings is 2. The molecule has 3 atom stereocenters. The first-order chi connectivity index (χ1) is 26.4. The van der Waals surface area contributed by atoms with Gasteiger partial charge in [0.15, 0.2) is 5.82 Å².